The monoisotopic (exact) mass is 247 g/mol. The van der Waals surface area contributed by atoms with Gasteiger partial charge in [-0.25, -0.2) is 15.2 Å². The van der Waals surface area contributed by atoms with Crippen LogP contribution in [0.4, 0.5) is 21.8 Å². The summed E-state index contributed by atoms with van der Waals surface area (Å²) in [6.07, 6.45) is 1.65. The van der Waals surface area contributed by atoms with Gasteiger partial charge in [-0.3, -0.25) is 5.43 Å². The molecule has 0 aliphatic heterocycles. The topological polar surface area (TPSA) is 75.9 Å². The van der Waals surface area contributed by atoms with Crippen molar-refractivity contribution in [1.82, 2.24) is 9.97 Å². The summed E-state index contributed by atoms with van der Waals surface area (Å²) in [5.41, 5.74) is 4.59. The van der Waals surface area contributed by atoms with Crippen LogP contribution in [0.3, 0.4) is 0 Å². The van der Waals surface area contributed by atoms with E-state index in [1.807, 2.05) is 6.92 Å². The number of aryl methyl sites for hydroxylation is 2. The first kappa shape index (κ1) is 12.3. The lowest BCUT2D eigenvalue weighted by Crippen LogP contribution is -2.11. The van der Waals surface area contributed by atoms with Crippen molar-refractivity contribution >= 4 is 17.5 Å². The van der Waals surface area contributed by atoms with E-state index in [-0.39, 0.29) is 5.82 Å². The Morgan fingerprint density at radius 1 is 1.22 bits per heavy atom. The maximum Gasteiger partial charge on any atom is 0.239 e. The third kappa shape index (κ3) is 2.54. The van der Waals surface area contributed by atoms with Crippen LogP contribution in [0.2, 0.25) is 0 Å². The first-order valence-electron chi connectivity index (χ1n) is 5.43. The molecule has 2 aromatic rings. The van der Waals surface area contributed by atoms with E-state index >= 15 is 0 Å². The van der Waals surface area contributed by atoms with Gasteiger partial charge in [0.05, 0.1) is 0 Å². The number of benzene rings is 1. The molecule has 0 aliphatic rings. The second-order valence-electron chi connectivity index (χ2n) is 3.96. The average Bonchev–Trinajstić information content (AvgIpc) is 2.36. The number of rotatable bonds is 3. The number of nitrogen functional groups attached to an aromatic ring is 1. The van der Waals surface area contributed by atoms with Gasteiger partial charge in [0.1, 0.15) is 11.6 Å². The van der Waals surface area contributed by atoms with Crippen LogP contribution in [0.25, 0.3) is 0 Å². The molecule has 1 aromatic heterocycles. The van der Waals surface area contributed by atoms with Gasteiger partial charge in [-0.1, -0.05) is 0 Å². The van der Waals surface area contributed by atoms with Gasteiger partial charge >= 0.3 is 0 Å². The predicted octanol–water partition coefficient (Wildman–Crippen LogP) is 2.26. The van der Waals surface area contributed by atoms with Gasteiger partial charge in [0.25, 0.3) is 0 Å². The quantitative estimate of drug-likeness (QED) is 0.573. The van der Waals surface area contributed by atoms with Crippen LogP contribution in [-0.2, 0) is 0 Å². The molecule has 0 saturated heterocycles. The van der Waals surface area contributed by atoms with Crippen molar-refractivity contribution in [2.75, 3.05) is 10.7 Å². The fraction of sp³-hybridized carbons (Fsp3) is 0.167. The highest BCUT2D eigenvalue weighted by atomic mass is 19.1. The van der Waals surface area contributed by atoms with Crippen molar-refractivity contribution in [3.05, 3.63) is 41.3 Å². The van der Waals surface area contributed by atoms with Crippen LogP contribution in [0.5, 0.6) is 0 Å². The van der Waals surface area contributed by atoms with Crippen LogP contribution in [0.1, 0.15) is 11.1 Å². The second kappa shape index (κ2) is 4.97. The summed E-state index contributed by atoms with van der Waals surface area (Å²) in [6, 6.07) is 4.78. The van der Waals surface area contributed by atoms with Crippen molar-refractivity contribution in [2.24, 2.45) is 5.84 Å². The first-order valence-corrected chi connectivity index (χ1v) is 5.43. The molecular weight excluding hydrogens is 233 g/mol. The van der Waals surface area contributed by atoms with Crippen LogP contribution in [-0.4, -0.2) is 9.97 Å². The van der Waals surface area contributed by atoms with Crippen LogP contribution in [0, 0.1) is 19.7 Å². The highest BCUT2D eigenvalue weighted by Crippen LogP contribution is 2.20. The smallest absolute Gasteiger partial charge is 0.239 e. The van der Waals surface area contributed by atoms with Crippen molar-refractivity contribution in [3.8, 4) is 0 Å². The lowest BCUT2D eigenvalue weighted by atomic mass is 10.2. The highest BCUT2D eigenvalue weighted by molar-refractivity contribution is 5.60. The number of hydrogen-bond acceptors (Lipinski definition) is 5. The Morgan fingerprint density at radius 2 is 2.00 bits per heavy atom. The molecule has 94 valence electrons. The zero-order valence-electron chi connectivity index (χ0n) is 10.2. The number of hydrazine groups is 1. The van der Waals surface area contributed by atoms with Crippen LogP contribution in [0.15, 0.2) is 24.4 Å². The van der Waals surface area contributed by atoms with E-state index in [1.54, 1.807) is 25.3 Å². The number of nitrogens with one attached hydrogen (secondary N) is 2. The second-order valence-corrected chi connectivity index (χ2v) is 3.96. The number of hydrogen-bond donors (Lipinski definition) is 3. The minimum absolute atomic E-state index is 0.232. The van der Waals surface area contributed by atoms with Gasteiger partial charge in [0, 0.05) is 17.4 Å². The fourth-order valence-electron chi connectivity index (χ4n) is 1.50. The number of anilines is 3. The zero-order chi connectivity index (χ0) is 13.1. The highest BCUT2D eigenvalue weighted by Gasteiger charge is 2.05. The molecule has 0 saturated carbocycles. The summed E-state index contributed by atoms with van der Waals surface area (Å²) in [4.78, 5) is 8.17. The Hall–Kier alpha value is -2.21. The Labute approximate surface area is 104 Å². The number of aromatic nitrogens is 2. The summed E-state index contributed by atoms with van der Waals surface area (Å²) in [5, 5.41) is 3.10. The Balaban J connectivity index is 2.30. The molecule has 0 fully saturated rings. The van der Waals surface area contributed by atoms with E-state index in [1.165, 1.54) is 6.07 Å². The van der Waals surface area contributed by atoms with E-state index in [0.717, 1.165) is 11.3 Å². The zero-order valence-corrected chi connectivity index (χ0v) is 10.2. The Bertz CT molecular complexity index is 570. The summed E-state index contributed by atoms with van der Waals surface area (Å²) >= 11 is 0. The normalized spacial score (nSPS) is 10.2. The molecule has 1 aromatic carbocycles. The van der Waals surface area contributed by atoms with Gasteiger partial charge in [-0.2, -0.15) is 4.98 Å². The lowest BCUT2D eigenvalue weighted by molar-refractivity contribution is 0.619. The van der Waals surface area contributed by atoms with Gasteiger partial charge in [0.2, 0.25) is 5.95 Å². The fourth-order valence-corrected chi connectivity index (χ4v) is 1.50. The molecule has 0 aliphatic carbocycles. The molecule has 1 heterocycles. The Morgan fingerprint density at radius 3 is 2.67 bits per heavy atom. The molecule has 0 atom stereocenters. The molecule has 2 rings (SSSR count). The molecule has 5 nitrogen and oxygen atoms in total. The van der Waals surface area contributed by atoms with Crippen LogP contribution < -0.4 is 16.6 Å². The summed E-state index contributed by atoms with van der Waals surface area (Å²) in [6.45, 7) is 3.58. The molecule has 0 radical (unpaired) electrons. The van der Waals surface area contributed by atoms with Crippen molar-refractivity contribution in [2.45, 2.75) is 13.8 Å². The maximum atomic E-state index is 13.2. The van der Waals surface area contributed by atoms with Gasteiger partial charge in [-0.05, 0) is 37.6 Å². The molecule has 18 heavy (non-hydrogen) atoms. The van der Waals surface area contributed by atoms with E-state index in [4.69, 9.17) is 5.84 Å². The molecule has 0 amide bonds. The predicted molar refractivity (Wildman–Crippen MR) is 69.0 cm³/mol. The van der Waals surface area contributed by atoms with Crippen LogP contribution >= 0.6 is 0 Å². The standard InChI is InChI=1S/C12H14FN5/c1-7-5-9(3-4-10(7)13)16-11-8(2)6-15-12(17-11)18-14/h3-6H,14H2,1-2H3,(H2,15,16,17,18). The first-order chi connectivity index (χ1) is 8.60. The number of halogens is 1. The maximum absolute atomic E-state index is 13.2. The van der Waals surface area contributed by atoms with Gasteiger partial charge < -0.3 is 5.32 Å². The molecule has 0 unspecified atom stereocenters. The van der Waals surface area contributed by atoms with E-state index < -0.39 is 0 Å². The van der Waals surface area contributed by atoms with Crippen molar-refractivity contribution in [3.63, 3.8) is 0 Å². The summed E-state index contributed by atoms with van der Waals surface area (Å²) in [5.74, 6) is 5.97. The minimum Gasteiger partial charge on any atom is -0.340 e. The number of nitrogens with zero attached hydrogens (tertiary/aromatic N) is 2. The third-order valence-corrected chi connectivity index (χ3v) is 2.52. The number of nitrogens with two attached hydrogens (primary N) is 1. The van der Waals surface area contributed by atoms with Crippen molar-refractivity contribution < 1.29 is 4.39 Å². The lowest BCUT2D eigenvalue weighted by Gasteiger charge is -2.10. The largest absolute Gasteiger partial charge is 0.340 e. The summed E-state index contributed by atoms with van der Waals surface area (Å²) in [7, 11) is 0. The van der Waals surface area contributed by atoms with E-state index in [2.05, 4.69) is 20.7 Å². The van der Waals surface area contributed by atoms with E-state index in [9.17, 15) is 4.39 Å². The SMILES string of the molecule is Cc1cc(Nc2nc(NN)ncc2C)ccc1F. The van der Waals surface area contributed by atoms with Gasteiger partial charge in [0.15, 0.2) is 0 Å². The van der Waals surface area contributed by atoms with E-state index in [0.29, 0.717) is 17.3 Å². The summed E-state index contributed by atoms with van der Waals surface area (Å²) < 4.78 is 13.2. The molecular formula is C12H14FN5. The molecule has 0 spiro atoms. The molecule has 0 bridgehead atoms. The average molecular weight is 247 g/mol. The molecule has 6 heteroatoms. The van der Waals surface area contributed by atoms with Gasteiger partial charge in [-0.15, -0.1) is 0 Å². The Kier molecular flexibility index (Phi) is 3.38. The molecule has 4 N–H and O–H groups in total. The minimum atomic E-state index is -0.232. The third-order valence-electron chi connectivity index (χ3n) is 2.52. The van der Waals surface area contributed by atoms with Crippen molar-refractivity contribution in [1.29, 1.82) is 0 Å².